The first-order chi connectivity index (χ1) is 11.6. The fourth-order valence-corrected chi connectivity index (χ4v) is 2.97. The predicted molar refractivity (Wildman–Crippen MR) is 96.7 cm³/mol. The fourth-order valence-electron chi connectivity index (χ4n) is 2.37. The number of aliphatic carboxylic acids is 1. The van der Waals surface area contributed by atoms with Gasteiger partial charge in [-0.3, -0.25) is 9.59 Å². The molecular weight excluding hydrogens is 322 g/mol. The molecule has 0 spiro atoms. The van der Waals surface area contributed by atoms with Gasteiger partial charge in [0.05, 0.1) is 5.56 Å². The molecule has 0 aliphatic heterocycles. The lowest BCUT2D eigenvalue weighted by atomic mass is 10.1. The minimum atomic E-state index is -0.785. The van der Waals surface area contributed by atoms with Crippen LogP contribution in [0.15, 0.2) is 53.4 Å². The lowest BCUT2D eigenvalue weighted by Gasteiger charge is -2.09. The van der Waals surface area contributed by atoms with E-state index in [1.165, 1.54) is 0 Å². The summed E-state index contributed by atoms with van der Waals surface area (Å²) in [5.41, 5.74) is 2.83. The van der Waals surface area contributed by atoms with Gasteiger partial charge in [0, 0.05) is 17.9 Å². The Balaban J connectivity index is 1.83. The second-order valence-electron chi connectivity index (χ2n) is 5.42. The largest absolute Gasteiger partial charge is 0.481 e. The van der Waals surface area contributed by atoms with Crippen LogP contribution in [-0.4, -0.2) is 29.8 Å². The molecule has 0 heterocycles. The van der Waals surface area contributed by atoms with Crippen molar-refractivity contribution in [2.24, 2.45) is 0 Å². The molecule has 0 aliphatic carbocycles. The highest BCUT2D eigenvalue weighted by atomic mass is 32.2. The van der Waals surface area contributed by atoms with Crippen LogP contribution in [0.3, 0.4) is 0 Å². The zero-order valence-electron chi connectivity index (χ0n) is 13.6. The Morgan fingerprint density at radius 2 is 1.62 bits per heavy atom. The van der Waals surface area contributed by atoms with E-state index in [1.807, 2.05) is 54.8 Å². The van der Waals surface area contributed by atoms with Crippen LogP contribution in [0.1, 0.15) is 27.9 Å². The molecule has 0 saturated heterocycles. The molecule has 0 aromatic heterocycles. The number of aryl methyl sites for hydroxylation is 1. The van der Waals surface area contributed by atoms with Gasteiger partial charge in [-0.25, -0.2) is 0 Å². The van der Waals surface area contributed by atoms with Crippen LogP contribution < -0.4 is 5.32 Å². The number of carboxylic acid groups (broad SMARTS) is 1. The minimum Gasteiger partial charge on any atom is -0.481 e. The normalized spacial score (nSPS) is 10.4. The number of nitrogens with one attached hydrogen (secondary N) is 1. The average molecular weight is 343 g/mol. The molecule has 24 heavy (non-hydrogen) atoms. The Bertz CT molecular complexity index is 698. The Hall–Kier alpha value is -2.27. The van der Waals surface area contributed by atoms with Gasteiger partial charge in [-0.1, -0.05) is 36.4 Å². The van der Waals surface area contributed by atoms with Crippen LogP contribution in [-0.2, 0) is 17.6 Å². The second kappa shape index (κ2) is 9.13. The van der Waals surface area contributed by atoms with E-state index in [-0.39, 0.29) is 12.3 Å². The molecule has 2 aromatic rings. The summed E-state index contributed by atoms with van der Waals surface area (Å²) in [6.07, 6.45) is 3.38. The summed E-state index contributed by atoms with van der Waals surface area (Å²) < 4.78 is 0. The highest BCUT2D eigenvalue weighted by molar-refractivity contribution is 7.98. The molecular formula is C19H21NO3S. The van der Waals surface area contributed by atoms with Gasteiger partial charge >= 0.3 is 5.97 Å². The van der Waals surface area contributed by atoms with Crippen LogP contribution in [0.25, 0.3) is 0 Å². The molecule has 0 radical (unpaired) electrons. The van der Waals surface area contributed by atoms with Crippen molar-refractivity contribution < 1.29 is 14.7 Å². The SMILES string of the molecule is CSc1ccccc1C(=O)NCCc1ccc(CCC(=O)O)cc1. The maximum atomic E-state index is 12.2. The summed E-state index contributed by atoms with van der Waals surface area (Å²) >= 11 is 1.56. The standard InChI is InChI=1S/C19H21NO3S/c1-24-17-5-3-2-4-16(17)19(23)20-13-12-15-8-6-14(7-9-15)10-11-18(21)22/h2-9H,10-13H2,1H3,(H,20,23)(H,21,22). The number of hydrogen-bond acceptors (Lipinski definition) is 3. The summed E-state index contributed by atoms with van der Waals surface area (Å²) in [7, 11) is 0. The first-order valence-corrected chi connectivity index (χ1v) is 9.03. The van der Waals surface area contributed by atoms with E-state index >= 15 is 0 Å². The third-order valence-electron chi connectivity index (χ3n) is 3.70. The van der Waals surface area contributed by atoms with Gasteiger partial charge in [0.1, 0.15) is 0 Å². The molecule has 126 valence electrons. The van der Waals surface area contributed by atoms with Gasteiger partial charge in [-0.2, -0.15) is 0 Å². The molecule has 0 saturated carbocycles. The Morgan fingerprint density at radius 1 is 1.00 bits per heavy atom. The van der Waals surface area contributed by atoms with E-state index < -0.39 is 5.97 Å². The van der Waals surface area contributed by atoms with E-state index in [9.17, 15) is 9.59 Å². The fraction of sp³-hybridized carbons (Fsp3) is 0.263. The molecule has 0 atom stereocenters. The van der Waals surface area contributed by atoms with Crippen molar-refractivity contribution in [3.63, 3.8) is 0 Å². The third-order valence-corrected chi connectivity index (χ3v) is 4.50. The maximum absolute atomic E-state index is 12.2. The summed E-state index contributed by atoms with van der Waals surface area (Å²) in [5.74, 6) is -0.842. The molecule has 2 rings (SSSR count). The van der Waals surface area contributed by atoms with Crippen molar-refractivity contribution >= 4 is 23.6 Å². The summed E-state index contributed by atoms with van der Waals surface area (Å²) in [6.45, 7) is 0.565. The van der Waals surface area contributed by atoms with E-state index in [4.69, 9.17) is 5.11 Å². The second-order valence-corrected chi connectivity index (χ2v) is 6.26. The number of hydrogen-bond donors (Lipinski definition) is 2. The van der Waals surface area contributed by atoms with Crippen molar-refractivity contribution in [1.82, 2.24) is 5.32 Å². The Kier molecular flexibility index (Phi) is 6.88. The van der Waals surface area contributed by atoms with E-state index in [0.717, 1.165) is 22.4 Å². The quantitative estimate of drug-likeness (QED) is 0.721. The maximum Gasteiger partial charge on any atom is 0.303 e. The molecule has 0 unspecified atom stereocenters. The summed E-state index contributed by atoms with van der Waals surface area (Å²) in [4.78, 5) is 23.8. The summed E-state index contributed by atoms with van der Waals surface area (Å²) in [6, 6.07) is 15.4. The zero-order chi connectivity index (χ0) is 17.4. The van der Waals surface area contributed by atoms with E-state index in [0.29, 0.717) is 18.5 Å². The number of benzene rings is 2. The van der Waals surface area contributed by atoms with Gasteiger partial charge in [0.2, 0.25) is 0 Å². The molecule has 0 aliphatic rings. The van der Waals surface area contributed by atoms with Crippen molar-refractivity contribution in [1.29, 1.82) is 0 Å². The minimum absolute atomic E-state index is 0.0574. The number of carboxylic acids is 1. The number of carbonyl (C=O) groups is 2. The van der Waals surface area contributed by atoms with Gasteiger partial charge in [-0.15, -0.1) is 11.8 Å². The molecule has 1 amide bonds. The first kappa shape index (κ1) is 18.1. The Labute approximate surface area is 146 Å². The molecule has 2 N–H and O–H groups in total. The number of amides is 1. The summed E-state index contributed by atoms with van der Waals surface area (Å²) in [5, 5.41) is 11.6. The first-order valence-electron chi connectivity index (χ1n) is 7.81. The van der Waals surface area contributed by atoms with Crippen LogP contribution >= 0.6 is 11.8 Å². The van der Waals surface area contributed by atoms with Crippen molar-refractivity contribution in [3.8, 4) is 0 Å². The van der Waals surface area contributed by atoms with Gasteiger partial charge in [0.15, 0.2) is 0 Å². The third kappa shape index (κ3) is 5.42. The van der Waals surface area contributed by atoms with Crippen LogP contribution in [0.4, 0.5) is 0 Å². The number of thioether (sulfide) groups is 1. The topological polar surface area (TPSA) is 66.4 Å². The smallest absolute Gasteiger partial charge is 0.303 e. The molecule has 5 heteroatoms. The lowest BCUT2D eigenvalue weighted by Crippen LogP contribution is -2.26. The van der Waals surface area contributed by atoms with Crippen LogP contribution in [0.5, 0.6) is 0 Å². The highest BCUT2D eigenvalue weighted by Gasteiger charge is 2.09. The van der Waals surface area contributed by atoms with Gasteiger partial charge < -0.3 is 10.4 Å². The monoisotopic (exact) mass is 343 g/mol. The van der Waals surface area contributed by atoms with Crippen LogP contribution in [0, 0.1) is 0 Å². The zero-order valence-corrected chi connectivity index (χ0v) is 14.4. The van der Waals surface area contributed by atoms with Gasteiger partial charge in [-0.05, 0) is 42.4 Å². The van der Waals surface area contributed by atoms with Crippen LogP contribution in [0.2, 0.25) is 0 Å². The van der Waals surface area contributed by atoms with Gasteiger partial charge in [0.25, 0.3) is 5.91 Å². The molecule has 0 fully saturated rings. The Morgan fingerprint density at radius 3 is 2.25 bits per heavy atom. The van der Waals surface area contributed by atoms with E-state index in [2.05, 4.69) is 5.32 Å². The van der Waals surface area contributed by atoms with Crippen molar-refractivity contribution in [3.05, 3.63) is 65.2 Å². The average Bonchev–Trinajstić information content (AvgIpc) is 2.60. The van der Waals surface area contributed by atoms with Crippen molar-refractivity contribution in [2.45, 2.75) is 24.2 Å². The lowest BCUT2D eigenvalue weighted by molar-refractivity contribution is -0.136. The molecule has 4 nitrogen and oxygen atoms in total. The number of rotatable bonds is 8. The number of carbonyl (C=O) groups excluding carboxylic acids is 1. The van der Waals surface area contributed by atoms with E-state index in [1.54, 1.807) is 11.8 Å². The predicted octanol–water partition coefficient (Wildman–Crippen LogP) is 3.40. The highest BCUT2D eigenvalue weighted by Crippen LogP contribution is 2.19. The van der Waals surface area contributed by atoms with Crippen molar-refractivity contribution in [2.75, 3.05) is 12.8 Å². The molecule has 2 aromatic carbocycles. The molecule has 0 bridgehead atoms.